The fraction of sp³-hybridized carbons (Fsp3) is 0.390. The first kappa shape index (κ1) is 37.3. The fourth-order valence-corrected chi connectivity index (χ4v) is 7.23. The maximum atomic E-state index is 14.0. The molecule has 53 heavy (non-hydrogen) atoms. The van der Waals surface area contributed by atoms with Crippen molar-refractivity contribution in [1.82, 2.24) is 19.4 Å². The third-order valence-electron chi connectivity index (χ3n) is 10.2. The van der Waals surface area contributed by atoms with Gasteiger partial charge in [-0.15, -0.1) is 0 Å². The second-order valence-electron chi connectivity index (χ2n) is 13.3. The van der Waals surface area contributed by atoms with Crippen LogP contribution in [0.5, 0.6) is 28.7 Å². The van der Waals surface area contributed by atoms with Crippen LogP contribution in [0.4, 0.5) is 0 Å². The number of amides is 1. The Labute approximate surface area is 310 Å². The molecule has 1 aliphatic heterocycles. The van der Waals surface area contributed by atoms with Gasteiger partial charge >= 0.3 is 0 Å². The molecule has 1 amide bonds. The predicted molar refractivity (Wildman–Crippen MR) is 201 cm³/mol. The lowest BCUT2D eigenvalue weighted by molar-refractivity contribution is 0.0778. The molecule has 0 N–H and O–H groups in total. The van der Waals surface area contributed by atoms with Crippen molar-refractivity contribution in [3.8, 4) is 28.7 Å². The summed E-state index contributed by atoms with van der Waals surface area (Å²) in [5, 5.41) is 0. The quantitative estimate of drug-likeness (QED) is 0.104. The Morgan fingerprint density at radius 3 is 2.19 bits per heavy atom. The van der Waals surface area contributed by atoms with E-state index in [1.54, 1.807) is 44.6 Å². The summed E-state index contributed by atoms with van der Waals surface area (Å²) in [6, 6.07) is 20.9. The van der Waals surface area contributed by atoms with Crippen LogP contribution in [0, 0.1) is 5.92 Å². The molecule has 3 heterocycles. The van der Waals surface area contributed by atoms with Crippen molar-refractivity contribution in [2.24, 2.45) is 5.92 Å². The number of piperidine rings is 1. The summed E-state index contributed by atoms with van der Waals surface area (Å²) in [7, 11) is 9.62. The van der Waals surface area contributed by atoms with Gasteiger partial charge in [0.1, 0.15) is 5.76 Å². The average Bonchev–Trinajstić information content (AvgIpc) is 3.86. The third kappa shape index (κ3) is 8.12. The third-order valence-corrected chi connectivity index (χ3v) is 10.2. The molecule has 2 aromatic heterocycles. The van der Waals surface area contributed by atoms with Crippen LogP contribution >= 0.6 is 0 Å². The van der Waals surface area contributed by atoms with Crippen molar-refractivity contribution in [1.29, 1.82) is 0 Å². The van der Waals surface area contributed by atoms with Gasteiger partial charge in [0.2, 0.25) is 11.5 Å². The second kappa shape index (κ2) is 16.9. The first-order valence-corrected chi connectivity index (χ1v) is 17.8. The van der Waals surface area contributed by atoms with Crippen molar-refractivity contribution < 1.29 is 37.7 Å². The molecule has 1 aliphatic rings. The number of methoxy groups -OCH3 is 5. The zero-order valence-electron chi connectivity index (χ0n) is 31.3. The van der Waals surface area contributed by atoms with E-state index in [-0.39, 0.29) is 23.5 Å². The van der Waals surface area contributed by atoms with Crippen LogP contribution in [0.1, 0.15) is 57.5 Å². The van der Waals surface area contributed by atoms with Crippen molar-refractivity contribution in [3.63, 3.8) is 0 Å². The Morgan fingerprint density at radius 1 is 0.849 bits per heavy atom. The van der Waals surface area contributed by atoms with Gasteiger partial charge < -0.3 is 42.5 Å². The Kier molecular flexibility index (Phi) is 11.9. The Hall–Kier alpha value is -5.49. The molecule has 6 rings (SSSR count). The van der Waals surface area contributed by atoms with Crippen LogP contribution < -0.4 is 23.7 Å². The van der Waals surface area contributed by atoms with Crippen LogP contribution in [0.15, 0.2) is 77.4 Å². The molecule has 1 saturated heterocycles. The summed E-state index contributed by atoms with van der Waals surface area (Å²) >= 11 is 0. The van der Waals surface area contributed by atoms with Crippen molar-refractivity contribution in [2.45, 2.75) is 31.7 Å². The lowest BCUT2D eigenvalue weighted by Crippen LogP contribution is -2.38. The van der Waals surface area contributed by atoms with E-state index in [0.717, 1.165) is 61.3 Å². The highest BCUT2D eigenvalue weighted by molar-refractivity contribution is 5.98. The summed E-state index contributed by atoms with van der Waals surface area (Å²) in [6.45, 7) is 3.26. The van der Waals surface area contributed by atoms with Crippen molar-refractivity contribution in [3.05, 3.63) is 95.7 Å². The highest BCUT2D eigenvalue weighted by atomic mass is 16.5. The number of likely N-dealkylation sites (tertiary alicyclic amines) is 1. The average molecular weight is 725 g/mol. The number of para-hydroxylation sites is 2. The maximum Gasteiger partial charge on any atom is 0.253 e. The van der Waals surface area contributed by atoms with E-state index >= 15 is 0 Å². The number of ketones is 1. The Balaban J connectivity index is 1.15. The number of likely N-dealkylation sites (N-methyl/N-ethyl adjacent to an activating group) is 1. The molecule has 0 aliphatic carbocycles. The number of aromatic nitrogens is 2. The van der Waals surface area contributed by atoms with Crippen molar-refractivity contribution in [2.75, 3.05) is 68.8 Å². The normalized spacial score (nSPS) is 14.2. The zero-order chi connectivity index (χ0) is 37.5. The molecule has 12 heteroatoms. The molecule has 1 fully saturated rings. The summed E-state index contributed by atoms with van der Waals surface area (Å²) < 4.78 is 35.2. The van der Waals surface area contributed by atoms with Gasteiger partial charge in [-0.25, -0.2) is 4.98 Å². The molecule has 0 radical (unpaired) electrons. The van der Waals surface area contributed by atoms with E-state index in [0.29, 0.717) is 53.2 Å². The number of imidazole rings is 1. The molecule has 0 saturated carbocycles. The van der Waals surface area contributed by atoms with Crippen LogP contribution in [0.25, 0.3) is 11.0 Å². The van der Waals surface area contributed by atoms with E-state index < -0.39 is 0 Å². The largest absolute Gasteiger partial charge is 0.493 e. The first-order chi connectivity index (χ1) is 25.8. The number of Topliss-reactive ketones (excluding diaryl/α,β-unsaturated/α-hetero) is 1. The van der Waals surface area contributed by atoms with Crippen LogP contribution in [-0.2, 0) is 6.54 Å². The summed E-state index contributed by atoms with van der Waals surface area (Å²) in [5.74, 6) is 3.53. The summed E-state index contributed by atoms with van der Waals surface area (Å²) in [4.78, 5) is 36.7. The van der Waals surface area contributed by atoms with E-state index in [4.69, 9.17) is 33.1 Å². The predicted octanol–water partition coefficient (Wildman–Crippen LogP) is 6.56. The number of benzene rings is 3. The van der Waals surface area contributed by atoms with Crippen LogP contribution in [0.3, 0.4) is 0 Å². The van der Waals surface area contributed by atoms with E-state index in [9.17, 15) is 9.59 Å². The van der Waals surface area contributed by atoms with E-state index in [2.05, 4.69) is 4.90 Å². The van der Waals surface area contributed by atoms with E-state index in [1.165, 1.54) is 21.3 Å². The minimum Gasteiger partial charge on any atom is -0.493 e. The maximum absolute atomic E-state index is 14.0. The number of furan rings is 1. The van der Waals surface area contributed by atoms with Crippen LogP contribution in [-0.4, -0.2) is 99.8 Å². The minimum absolute atomic E-state index is 0.0216. The van der Waals surface area contributed by atoms with Crippen LogP contribution in [0.2, 0.25) is 0 Å². The SMILES string of the molecule is COc1ccc(C(CCN2CCC(C(=O)c3nc4ccccc4n3Cc3ccco3)CC2)CN(C)C(=O)c2cc(OC)c(OC)c(OC)c2)cc1OC. The highest BCUT2D eigenvalue weighted by Crippen LogP contribution is 2.39. The molecule has 1 unspecified atom stereocenters. The molecule has 5 aromatic rings. The summed E-state index contributed by atoms with van der Waals surface area (Å²) in [6.07, 6.45) is 3.90. The number of carbonyl (C=O) groups is 2. The monoisotopic (exact) mass is 724 g/mol. The lowest BCUT2D eigenvalue weighted by atomic mass is 9.90. The van der Waals surface area contributed by atoms with Gasteiger partial charge in [-0.1, -0.05) is 18.2 Å². The molecular weight excluding hydrogens is 676 g/mol. The molecule has 1 atom stereocenters. The second-order valence-corrected chi connectivity index (χ2v) is 13.3. The number of nitrogens with zero attached hydrogens (tertiary/aromatic N) is 4. The van der Waals surface area contributed by atoms with Gasteiger partial charge in [0.05, 0.1) is 59.4 Å². The number of carbonyl (C=O) groups excluding carboxylic acids is 2. The molecular formula is C41H48N4O8. The molecule has 280 valence electrons. The van der Waals surface area contributed by atoms with Gasteiger partial charge in [0.25, 0.3) is 5.91 Å². The van der Waals surface area contributed by atoms with E-state index in [1.807, 2.05) is 59.2 Å². The van der Waals surface area contributed by atoms with Gasteiger partial charge in [0.15, 0.2) is 28.8 Å². The summed E-state index contributed by atoms with van der Waals surface area (Å²) in [5.41, 5.74) is 3.18. The fourth-order valence-electron chi connectivity index (χ4n) is 7.23. The Bertz CT molecular complexity index is 1990. The van der Waals surface area contributed by atoms with Gasteiger partial charge in [-0.05, 0) is 93.0 Å². The lowest BCUT2D eigenvalue weighted by Gasteiger charge is -2.33. The Morgan fingerprint density at radius 2 is 1.55 bits per heavy atom. The number of fused-ring (bicyclic) bond motifs is 1. The molecule has 3 aromatic carbocycles. The molecule has 12 nitrogen and oxygen atoms in total. The zero-order valence-corrected chi connectivity index (χ0v) is 31.3. The molecule has 0 spiro atoms. The number of hydrogen-bond acceptors (Lipinski definition) is 10. The number of ether oxygens (including phenoxy) is 5. The van der Waals surface area contributed by atoms with Gasteiger partial charge in [0, 0.05) is 31.0 Å². The highest BCUT2D eigenvalue weighted by Gasteiger charge is 2.31. The standard InChI is InChI=1S/C41H48N4O8/c1-43(41(47)30-23-36(50-4)39(52-6)37(24-30)51-5)25-29(28-13-14-34(48-2)35(22-28)49-3)17-20-44-18-15-27(16-19-44)38(46)40-42-32-11-7-8-12-33(32)45(40)26-31-10-9-21-53-31/h7-14,21-24,27,29H,15-20,25-26H2,1-6H3. The van der Waals surface area contributed by atoms with Gasteiger partial charge in [-0.3, -0.25) is 9.59 Å². The smallest absolute Gasteiger partial charge is 0.253 e. The minimum atomic E-state index is -0.174. The van der Waals surface area contributed by atoms with Crippen molar-refractivity contribution >= 4 is 22.7 Å². The van der Waals surface area contributed by atoms with Gasteiger partial charge in [-0.2, -0.15) is 0 Å². The topological polar surface area (TPSA) is 118 Å². The number of rotatable bonds is 16. The number of hydrogen-bond donors (Lipinski definition) is 0. The molecule has 0 bridgehead atoms. The first-order valence-electron chi connectivity index (χ1n) is 17.8.